The van der Waals surface area contributed by atoms with E-state index in [4.69, 9.17) is 11.1 Å². The lowest BCUT2D eigenvalue weighted by Gasteiger charge is -2.09. The van der Waals surface area contributed by atoms with Crippen molar-refractivity contribution in [2.75, 3.05) is 13.1 Å². The summed E-state index contributed by atoms with van der Waals surface area (Å²) >= 11 is 5.45. The van der Waals surface area contributed by atoms with Crippen LogP contribution in [0.15, 0.2) is 20.1 Å². The third kappa shape index (κ3) is 5.48. The highest BCUT2D eigenvalue weighted by Crippen LogP contribution is 2.07. The lowest BCUT2D eigenvalue weighted by molar-refractivity contribution is 0.878. The third-order valence-electron chi connectivity index (χ3n) is 1.38. The van der Waals surface area contributed by atoms with Crippen molar-refractivity contribution in [2.24, 2.45) is 5.73 Å². The molecule has 0 saturated carbocycles. The van der Waals surface area contributed by atoms with E-state index in [1.54, 1.807) is 0 Å². The molecule has 0 aliphatic heterocycles. The predicted octanol–water partition coefficient (Wildman–Crippen LogP) is 1.63. The Hall–Kier alpha value is -0.240. The SMILES string of the molecule is CCN/C(Br)=C(\C=N)CN/C(I)=C\N. The zero-order valence-electron chi connectivity index (χ0n) is 7.90. The molecule has 0 atom stereocenters. The molecule has 0 aromatic carbocycles. The minimum absolute atomic E-state index is 0.572. The Morgan fingerprint density at radius 3 is 2.64 bits per heavy atom. The molecule has 0 fully saturated rings. The van der Waals surface area contributed by atoms with Gasteiger partial charge in [-0.25, -0.2) is 0 Å². The highest BCUT2D eigenvalue weighted by molar-refractivity contribution is 14.1. The average molecular weight is 373 g/mol. The van der Waals surface area contributed by atoms with E-state index in [0.717, 1.165) is 20.4 Å². The Balaban J connectivity index is 4.28. The molecule has 4 nitrogen and oxygen atoms in total. The number of hydrogen-bond donors (Lipinski definition) is 4. The fraction of sp³-hybridized carbons (Fsp3) is 0.375. The summed E-state index contributed by atoms with van der Waals surface area (Å²) in [5.41, 5.74) is 6.15. The predicted molar refractivity (Wildman–Crippen MR) is 72.7 cm³/mol. The highest BCUT2D eigenvalue weighted by Gasteiger charge is 2.00. The van der Waals surface area contributed by atoms with Crippen molar-refractivity contribution in [2.45, 2.75) is 6.92 Å². The molecule has 14 heavy (non-hydrogen) atoms. The molecule has 80 valence electrons. The normalized spacial score (nSPS) is 13.2. The average Bonchev–Trinajstić information content (AvgIpc) is 2.18. The molecule has 0 bridgehead atoms. The van der Waals surface area contributed by atoms with Crippen molar-refractivity contribution in [3.05, 3.63) is 20.1 Å². The summed E-state index contributed by atoms with van der Waals surface area (Å²) in [6.45, 7) is 3.39. The minimum Gasteiger partial charge on any atom is -0.403 e. The van der Waals surface area contributed by atoms with Gasteiger partial charge in [0.2, 0.25) is 0 Å². The van der Waals surface area contributed by atoms with E-state index in [1.807, 2.05) is 6.92 Å². The number of nitrogens with one attached hydrogen (secondary N) is 3. The standard InChI is InChI=1S/C8H14BrIN4/c1-2-13-8(9)6(3-11)5-14-7(10)4-12/h3-4,11,13-14H,2,5,12H2,1H3/b7-4-,8-6+,11-3?. The van der Waals surface area contributed by atoms with Crippen LogP contribution in [0.25, 0.3) is 0 Å². The minimum atomic E-state index is 0.572. The van der Waals surface area contributed by atoms with Crippen molar-refractivity contribution in [3.8, 4) is 0 Å². The fourth-order valence-corrected chi connectivity index (χ4v) is 1.43. The van der Waals surface area contributed by atoms with Crippen molar-refractivity contribution >= 4 is 44.7 Å². The summed E-state index contributed by atoms with van der Waals surface area (Å²) in [5.74, 6) is 0. The molecule has 0 radical (unpaired) electrons. The molecule has 0 saturated heterocycles. The molecule has 5 N–H and O–H groups in total. The summed E-state index contributed by atoms with van der Waals surface area (Å²) in [5, 5.41) is 13.4. The van der Waals surface area contributed by atoms with E-state index < -0.39 is 0 Å². The zero-order chi connectivity index (χ0) is 11.0. The van der Waals surface area contributed by atoms with Crippen molar-refractivity contribution in [1.29, 1.82) is 5.41 Å². The quantitative estimate of drug-likeness (QED) is 0.325. The molecule has 0 aliphatic carbocycles. The first-order chi connectivity index (χ1) is 6.65. The Bertz CT molecular complexity index is 250. The summed E-state index contributed by atoms with van der Waals surface area (Å²) in [6.07, 6.45) is 2.80. The van der Waals surface area contributed by atoms with Crippen molar-refractivity contribution < 1.29 is 0 Å². The Morgan fingerprint density at radius 1 is 1.57 bits per heavy atom. The first-order valence-electron chi connectivity index (χ1n) is 4.10. The Kier molecular flexibility index (Phi) is 7.96. The molecule has 0 rings (SSSR count). The third-order valence-corrected chi connectivity index (χ3v) is 2.91. The van der Waals surface area contributed by atoms with Crippen LogP contribution in [0.2, 0.25) is 0 Å². The molecule has 0 aliphatic rings. The molecule has 0 aromatic rings. The maximum Gasteiger partial charge on any atom is 0.0891 e. The van der Waals surface area contributed by atoms with Crippen LogP contribution in [0.1, 0.15) is 6.92 Å². The van der Waals surface area contributed by atoms with E-state index in [0.29, 0.717) is 6.54 Å². The Labute approximate surface area is 106 Å². The molecule has 0 spiro atoms. The molecule has 6 heteroatoms. The molecule has 0 aromatic heterocycles. The largest absolute Gasteiger partial charge is 0.403 e. The highest BCUT2D eigenvalue weighted by atomic mass is 127. The van der Waals surface area contributed by atoms with Gasteiger partial charge in [-0.15, -0.1) is 0 Å². The van der Waals surface area contributed by atoms with Gasteiger partial charge in [-0.3, -0.25) is 0 Å². The maximum absolute atomic E-state index is 7.22. The lowest BCUT2D eigenvalue weighted by atomic mass is 10.3. The summed E-state index contributed by atoms with van der Waals surface area (Å²) in [4.78, 5) is 0. The van der Waals surface area contributed by atoms with E-state index in [-0.39, 0.29) is 0 Å². The molecule has 0 amide bonds. The molecule has 0 unspecified atom stereocenters. The van der Waals surface area contributed by atoms with Crippen LogP contribution in [0.5, 0.6) is 0 Å². The number of hydrogen-bond acceptors (Lipinski definition) is 4. The van der Waals surface area contributed by atoms with Crippen molar-refractivity contribution in [3.63, 3.8) is 0 Å². The van der Waals surface area contributed by atoms with E-state index >= 15 is 0 Å². The second kappa shape index (κ2) is 8.10. The van der Waals surface area contributed by atoms with Gasteiger partial charge in [0.15, 0.2) is 0 Å². The van der Waals surface area contributed by atoms with Crippen LogP contribution in [0.3, 0.4) is 0 Å². The van der Waals surface area contributed by atoms with Gasteiger partial charge in [-0.1, -0.05) is 0 Å². The van der Waals surface area contributed by atoms with Gasteiger partial charge in [0, 0.05) is 31.1 Å². The summed E-state index contributed by atoms with van der Waals surface area (Å²) in [6, 6.07) is 0. The van der Waals surface area contributed by atoms with Crippen LogP contribution < -0.4 is 16.4 Å². The van der Waals surface area contributed by atoms with Gasteiger partial charge in [0.05, 0.1) is 8.31 Å². The zero-order valence-corrected chi connectivity index (χ0v) is 11.6. The second-order valence-electron chi connectivity index (χ2n) is 2.38. The lowest BCUT2D eigenvalue weighted by Crippen LogP contribution is -2.19. The van der Waals surface area contributed by atoms with Crippen molar-refractivity contribution in [1.82, 2.24) is 10.6 Å². The number of halogens is 2. The fourth-order valence-electron chi connectivity index (χ4n) is 0.699. The monoisotopic (exact) mass is 372 g/mol. The summed E-state index contributed by atoms with van der Waals surface area (Å²) in [7, 11) is 0. The molecular weight excluding hydrogens is 359 g/mol. The van der Waals surface area contributed by atoms with Gasteiger partial charge in [-0.2, -0.15) is 0 Å². The van der Waals surface area contributed by atoms with Gasteiger partial charge in [0.1, 0.15) is 0 Å². The first kappa shape index (κ1) is 13.8. The maximum atomic E-state index is 7.22. The van der Waals surface area contributed by atoms with Crippen LogP contribution in [0, 0.1) is 5.41 Å². The summed E-state index contributed by atoms with van der Waals surface area (Å²) < 4.78 is 1.70. The van der Waals surface area contributed by atoms with E-state index in [2.05, 4.69) is 49.2 Å². The number of nitrogens with two attached hydrogens (primary N) is 1. The van der Waals surface area contributed by atoms with E-state index in [1.165, 1.54) is 12.4 Å². The second-order valence-corrected chi connectivity index (χ2v) is 4.34. The van der Waals surface area contributed by atoms with Gasteiger partial charge in [0.25, 0.3) is 0 Å². The van der Waals surface area contributed by atoms with Gasteiger partial charge >= 0.3 is 0 Å². The first-order valence-corrected chi connectivity index (χ1v) is 5.97. The molecular formula is C8H14BrIN4. The topological polar surface area (TPSA) is 73.9 Å². The molecule has 0 heterocycles. The van der Waals surface area contributed by atoms with Crippen LogP contribution in [0.4, 0.5) is 0 Å². The van der Waals surface area contributed by atoms with Gasteiger partial charge < -0.3 is 21.8 Å². The number of rotatable bonds is 6. The van der Waals surface area contributed by atoms with Crippen LogP contribution >= 0.6 is 38.5 Å². The van der Waals surface area contributed by atoms with E-state index in [9.17, 15) is 0 Å². The van der Waals surface area contributed by atoms with Gasteiger partial charge in [-0.05, 0) is 45.4 Å². The smallest absolute Gasteiger partial charge is 0.0891 e. The Morgan fingerprint density at radius 2 is 2.21 bits per heavy atom. The van der Waals surface area contributed by atoms with Crippen LogP contribution in [-0.2, 0) is 0 Å². The van der Waals surface area contributed by atoms with Crippen LogP contribution in [-0.4, -0.2) is 19.3 Å².